The van der Waals surface area contributed by atoms with Crippen molar-refractivity contribution in [3.63, 3.8) is 0 Å². The normalized spacial score (nSPS) is 12.7. The molecule has 1 aromatic carbocycles. The Balaban J connectivity index is 3.09. The monoisotopic (exact) mass is 401 g/mol. The molecule has 8 heteroatoms. The second-order valence-corrected chi connectivity index (χ2v) is 8.45. The molecule has 0 aliphatic carbocycles. The van der Waals surface area contributed by atoms with Crippen molar-refractivity contribution in [2.75, 3.05) is 12.8 Å². The third-order valence-electron chi connectivity index (χ3n) is 3.54. The average Bonchev–Trinajstić information content (AvgIpc) is 2.39. The van der Waals surface area contributed by atoms with Crippen LogP contribution in [-0.2, 0) is 10.0 Å². The smallest absolute Gasteiger partial charge is 0.210 e. The maximum absolute atomic E-state index is 13.8. The highest BCUT2D eigenvalue weighted by molar-refractivity contribution is 9.10. The molecule has 1 aromatic rings. The van der Waals surface area contributed by atoms with Gasteiger partial charge >= 0.3 is 0 Å². The minimum absolute atomic E-state index is 0.129. The van der Waals surface area contributed by atoms with Crippen LogP contribution >= 0.6 is 27.7 Å². The van der Waals surface area contributed by atoms with Crippen LogP contribution in [0.4, 0.5) is 8.78 Å². The number of thioether (sulfide) groups is 1. The Morgan fingerprint density at radius 3 is 2.29 bits per heavy atom. The molecule has 0 amide bonds. The molecule has 0 spiro atoms. The number of hydrogen-bond acceptors (Lipinski definition) is 3. The van der Waals surface area contributed by atoms with Crippen LogP contribution in [0.25, 0.3) is 0 Å². The Kier molecular flexibility index (Phi) is 6.64. The standard InChI is InChI=1S/C13H18BrF2NO2S2/c1-4-13(5-2,20-3)8-17-21(18,19)12-10(14)6-9(15)7-11(12)16/h6-7,17H,4-5,8H2,1-3H3. The third kappa shape index (κ3) is 4.40. The predicted molar refractivity (Wildman–Crippen MR) is 86.1 cm³/mol. The van der Waals surface area contributed by atoms with Crippen molar-refractivity contribution in [2.24, 2.45) is 0 Å². The molecule has 0 saturated carbocycles. The van der Waals surface area contributed by atoms with E-state index in [1.165, 1.54) is 0 Å². The second kappa shape index (κ2) is 7.39. The fourth-order valence-electron chi connectivity index (χ4n) is 1.95. The van der Waals surface area contributed by atoms with Crippen molar-refractivity contribution in [2.45, 2.75) is 36.3 Å². The van der Waals surface area contributed by atoms with Gasteiger partial charge in [-0.3, -0.25) is 0 Å². The zero-order valence-corrected chi connectivity index (χ0v) is 15.3. The van der Waals surface area contributed by atoms with Gasteiger partial charge in [-0.1, -0.05) is 13.8 Å². The number of benzene rings is 1. The molecular weight excluding hydrogens is 384 g/mol. The highest BCUT2D eigenvalue weighted by Crippen LogP contribution is 2.31. The first-order valence-electron chi connectivity index (χ1n) is 6.40. The maximum atomic E-state index is 13.8. The van der Waals surface area contributed by atoms with Gasteiger partial charge in [0.2, 0.25) is 10.0 Å². The summed E-state index contributed by atoms with van der Waals surface area (Å²) in [6, 6.07) is 1.49. The lowest BCUT2D eigenvalue weighted by atomic mass is 10.0. The Hall–Kier alpha value is -0.180. The summed E-state index contributed by atoms with van der Waals surface area (Å²) in [6.07, 6.45) is 3.47. The van der Waals surface area contributed by atoms with Crippen LogP contribution in [0.3, 0.4) is 0 Å². The average molecular weight is 402 g/mol. The molecule has 0 radical (unpaired) electrons. The van der Waals surface area contributed by atoms with Crippen molar-refractivity contribution >= 4 is 37.7 Å². The number of sulfonamides is 1. The minimum atomic E-state index is -4.05. The predicted octanol–water partition coefficient (Wildman–Crippen LogP) is 3.93. The van der Waals surface area contributed by atoms with Crippen LogP contribution in [0.2, 0.25) is 0 Å². The quantitative estimate of drug-likeness (QED) is 0.752. The van der Waals surface area contributed by atoms with E-state index >= 15 is 0 Å². The highest BCUT2D eigenvalue weighted by atomic mass is 79.9. The molecule has 0 atom stereocenters. The summed E-state index contributed by atoms with van der Waals surface area (Å²) in [5.74, 6) is -1.95. The lowest BCUT2D eigenvalue weighted by molar-refractivity contribution is 0.513. The topological polar surface area (TPSA) is 46.2 Å². The zero-order valence-electron chi connectivity index (χ0n) is 12.0. The van der Waals surface area contributed by atoms with Gasteiger partial charge in [0.25, 0.3) is 0 Å². The fourth-order valence-corrected chi connectivity index (χ4v) is 5.12. The first kappa shape index (κ1) is 18.9. The molecule has 0 saturated heterocycles. The van der Waals surface area contributed by atoms with Gasteiger partial charge in [-0.25, -0.2) is 21.9 Å². The molecule has 0 bridgehead atoms. The van der Waals surface area contributed by atoms with Crippen LogP contribution in [0.1, 0.15) is 26.7 Å². The van der Waals surface area contributed by atoms with Gasteiger partial charge in [-0.2, -0.15) is 11.8 Å². The molecule has 1 N–H and O–H groups in total. The van der Waals surface area contributed by atoms with Gasteiger partial charge in [-0.05, 0) is 41.1 Å². The van der Waals surface area contributed by atoms with E-state index in [-0.39, 0.29) is 15.8 Å². The van der Waals surface area contributed by atoms with Crippen LogP contribution in [-0.4, -0.2) is 26.0 Å². The number of nitrogens with one attached hydrogen (secondary N) is 1. The summed E-state index contributed by atoms with van der Waals surface area (Å²) in [5.41, 5.74) is 0. The van der Waals surface area contributed by atoms with E-state index < -0.39 is 26.6 Å². The SMILES string of the molecule is CCC(CC)(CNS(=O)(=O)c1c(F)cc(F)cc1Br)SC. The van der Waals surface area contributed by atoms with Crippen LogP contribution in [0.15, 0.2) is 21.5 Å². The van der Waals surface area contributed by atoms with Gasteiger partial charge < -0.3 is 0 Å². The zero-order chi connectivity index (χ0) is 16.3. The summed E-state index contributed by atoms with van der Waals surface area (Å²) in [5, 5.41) is 0. The Labute approximate surface area is 137 Å². The largest absolute Gasteiger partial charge is 0.244 e. The van der Waals surface area contributed by atoms with Gasteiger partial charge in [-0.15, -0.1) is 0 Å². The van der Waals surface area contributed by atoms with E-state index in [2.05, 4.69) is 20.7 Å². The highest BCUT2D eigenvalue weighted by Gasteiger charge is 2.30. The molecular formula is C13H18BrF2NO2S2. The third-order valence-corrected chi connectivity index (χ3v) is 7.49. The summed E-state index contributed by atoms with van der Waals surface area (Å²) in [7, 11) is -4.05. The molecule has 3 nitrogen and oxygen atoms in total. The first-order chi connectivity index (χ1) is 9.71. The molecule has 0 unspecified atom stereocenters. The second-order valence-electron chi connectivity index (χ2n) is 4.62. The van der Waals surface area contributed by atoms with Gasteiger partial charge in [0.1, 0.15) is 16.5 Å². The molecule has 0 fully saturated rings. The van der Waals surface area contributed by atoms with Crippen molar-refractivity contribution < 1.29 is 17.2 Å². The number of rotatable bonds is 7. The van der Waals surface area contributed by atoms with Gasteiger partial charge in [0.15, 0.2) is 0 Å². The van der Waals surface area contributed by atoms with Gasteiger partial charge in [0, 0.05) is 21.8 Å². The Morgan fingerprint density at radius 1 is 1.29 bits per heavy atom. The molecule has 0 aliphatic rings. The lowest BCUT2D eigenvalue weighted by Crippen LogP contribution is -2.39. The summed E-state index contributed by atoms with van der Waals surface area (Å²) in [6.45, 7) is 4.14. The minimum Gasteiger partial charge on any atom is -0.210 e. The molecule has 0 aliphatic heterocycles. The number of halogens is 3. The van der Waals surface area contributed by atoms with E-state index in [1.807, 2.05) is 20.1 Å². The molecule has 1 rings (SSSR count). The Bertz CT molecular complexity index is 573. The van der Waals surface area contributed by atoms with E-state index in [9.17, 15) is 17.2 Å². The van der Waals surface area contributed by atoms with E-state index in [0.29, 0.717) is 6.07 Å². The molecule has 0 aromatic heterocycles. The van der Waals surface area contributed by atoms with Gasteiger partial charge in [0.05, 0.1) is 0 Å². The van der Waals surface area contributed by atoms with E-state index in [0.717, 1.165) is 18.9 Å². The van der Waals surface area contributed by atoms with Crippen molar-refractivity contribution in [3.8, 4) is 0 Å². The maximum Gasteiger partial charge on any atom is 0.244 e. The molecule has 21 heavy (non-hydrogen) atoms. The summed E-state index contributed by atoms with van der Waals surface area (Å²) >= 11 is 4.47. The fraction of sp³-hybridized carbons (Fsp3) is 0.538. The number of hydrogen-bond donors (Lipinski definition) is 1. The Morgan fingerprint density at radius 2 is 1.86 bits per heavy atom. The van der Waals surface area contributed by atoms with Crippen molar-refractivity contribution in [1.29, 1.82) is 0 Å². The van der Waals surface area contributed by atoms with Crippen LogP contribution in [0.5, 0.6) is 0 Å². The van der Waals surface area contributed by atoms with E-state index in [1.54, 1.807) is 11.8 Å². The van der Waals surface area contributed by atoms with Crippen LogP contribution in [0, 0.1) is 11.6 Å². The van der Waals surface area contributed by atoms with E-state index in [4.69, 9.17) is 0 Å². The van der Waals surface area contributed by atoms with Crippen molar-refractivity contribution in [3.05, 3.63) is 28.2 Å². The van der Waals surface area contributed by atoms with Crippen LogP contribution < -0.4 is 4.72 Å². The summed E-state index contributed by atoms with van der Waals surface area (Å²) < 4.78 is 53.4. The lowest BCUT2D eigenvalue weighted by Gasteiger charge is -2.29. The first-order valence-corrected chi connectivity index (χ1v) is 9.90. The van der Waals surface area contributed by atoms with Crippen molar-refractivity contribution in [1.82, 2.24) is 4.72 Å². The molecule has 0 heterocycles. The summed E-state index contributed by atoms with van der Waals surface area (Å²) in [4.78, 5) is -0.564. The molecule has 120 valence electrons.